The zero-order valence-corrected chi connectivity index (χ0v) is 19.0. The van der Waals surface area contributed by atoms with Crippen LogP contribution in [0, 0.1) is 5.92 Å². The predicted molar refractivity (Wildman–Crippen MR) is 130 cm³/mol. The maximum atomic E-state index is 13.9. The molecule has 0 saturated heterocycles. The highest BCUT2D eigenvalue weighted by molar-refractivity contribution is 5.85. The Morgan fingerprint density at radius 3 is 2.28 bits per heavy atom. The zero-order chi connectivity index (χ0) is 21.8. The van der Waals surface area contributed by atoms with Gasteiger partial charge in [-0.3, -0.25) is 4.79 Å². The Labute approximate surface area is 191 Å². The third-order valence-corrected chi connectivity index (χ3v) is 7.47. The molecular weight excluding hydrogens is 394 g/mol. The number of hydrogen-bond donors (Lipinski definition) is 1. The molecule has 1 aromatic heterocycles. The van der Waals surface area contributed by atoms with Crippen LogP contribution >= 0.6 is 0 Å². The third-order valence-electron chi connectivity index (χ3n) is 7.47. The Morgan fingerprint density at radius 1 is 0.875 bits per heavy atom. The molecule has 4 nitrogen and oxygen atoms in total. The van der Waals surface area contributed by atoms with Crippen molar-refractivity contribution in [3.8, 4) is 0 Å². The first-order valence-corrected chi connectivity index (χ1v) is 12.6. The quantitative estimate of drug-likeness (QED) is 0.507. The van der Waals surface area contributed by atoms with Crippen molar-refractivity contribution >= 4 is 16.9 Å². The summed E-state index contributed by atoms with van der Waals surface area (Å²) < 4.78 is 2.30. The Hall–Kier alpha value is -2.62. The summed E-state index contributed by atoms with van der Waals surface area (Å²) in [6.45, 7) is 0. The molecule has 0 bridgehead atoms. The van der Waals surface area contributed by atoms with Crippen molar-refractivity contribution in [2.45, 2.75) is 82.7 Å². The molecule has 1 N–H and O–H groups in total. The maximum absolute atomic E-state index is 13.9. The van der Waals surface area contributed by atoms with E-state index in [1.54, 1.807) is 0 Å². The summed E-state index contributed by atoms with van der Waals surface area (Å²) in [6, 6.07) is 19.0. The van der Waals surface area contributed by atoms with E-state index in [-0.39, 0.29) is 11.9 Å². The molecule has 168 valence electrons. The van der Waals surface area contributed by atoms with E-state index in [4.69, 9.17) is 4.98 Å². The number of hydrogen-bond acceptors (Lipinski definition) is 2. The largest absolute Gasteiger partial charge is 0.352 e. The number of amides is 1. The van der Waals surface area contributed by atoms with Gasteiger partial charge in [0.05, 0.1) is 11.0 Å². The highest BCUT2D eigenvalue weighted by atomic mass is 16.2. The van der Waals surface area contributed by atoms with Crippen LogP contribution < -0.4 is 5.32 Å². The second kappa shape index (κ2) is 9.89. The van der Waals surface area contributed by atoms with Gasteiger partial charge < -0.3 is 9.88 Å². The normalized spacial score (nSPS) is 19.1. The molecule has 0 spiro atoms. The van der Waals surface area contributed by atoms with Crippen molar-refractivity contribution < 1.29 is 4.79 Å². The molecular formula is C28H35N3O. The second-order valence-corrected chi connectivity index (χ2v) is 9.74. The minimum atomic E-state index is -0.177. The van der Waals surface area contributed by atoms with Crippen LogP contribution in [0.5, 0.6) is 0 Å². The minimum Gasteiger partial charge on any atom is -0.352 e. The first-order chi connectivity index (χ1) is 15.8. The van der Waals surface area contributed by atoms with Gasteiger partial charge in [0.25, 0.3) is 0 Å². The van der Waals surface area contributed by atoms with Crippen molar-refractivity contribution in [1.29, 1.82) is 0 Å². The van der Waals surface area contributed by atoms with Gasteiger partial charge in [-0.2, -0.15) is 0 Å². The molecule has 1 amide bonds. The fourth-order valence-corrected chi connectivity index (χ4v) is 5.83. The summed E-state index contributed by atoms with van der Waals surface area (Å²) >= 11 is 0. The molecule has 1 heterocycles. The van der Waals surface area contributed by atoms with Crippen LogP contribution in [0.15, 0.2) is 54.6 Å². The number of carbonyl (C=O) groups excluding carboxylic acids is 1. The number of nitrogens with zero attached hydrogens (tertiary/aromatic N) is 2. The molecule has 2 aromatic carbocycles. The van der Waals surface area contributed by atoms with Gasteiger partial charge in [-0.05, 0) is 49.3 Å². The molecule has 4 heteroatoms. The smallest absolute Gasteiger partial charge is 0.243 e. The van der Waals surface area contributed by atoms with E-state index in [0.717, 1.165) is 49.0 Å². The van der Waals surface area contributed by atoms with Gasteiger partial charge >= 0.3 is 0 Å². The lowest BCUT2D eigenvalue weighted by Crippen LogP contribution is -2.43. The van der Waals surface area contributed by atoms with Crippen molar-refractivity contribution in [3.05, 3.63) is 66.0 Å². The number of aromatic nitrogens is 2. The second-order valence-electron chi connectivity index (χ2n) is 9.74. The lowest BCUT2D eigenvalue weighted by Gasteiger charge is -2.33. The van der Waals surface area contributed by atoms with E-state index in [9.17, 15) is 4.79 Å². The fraction of sp³-hybridized carbons (Fsp3) is 0.500. The molecule has 0 radical (unpaired) electrons. The molecule has 0 aliphatic heterocycles. The van der Waals surface area contributed by atoms with Crippen LogP contribution in [0.25, 0.3) is 11.0 Å². The molecule has 32 heavy (non-hydrogen) atoms. The van der Waals surface area contributed by atoms with Crippen LogP contribution in [0.4, 0.5) is 0 Å². The summed E-state index contributed by atoms with van der Waals surface area (Å²) in [7, 11) is 0. The molecule has 1 atom stereocenters. The van der Waals surface area contributed by atoms with Gasteiger partial charge in [0.15, 0.2) is 0 Å². The number of benzene rings is 2. The topological polar surface area (TPSA) is 46.9 Å². The van der Waals surface area contributed by atoms with E-state index in [1.807, 2.05) is 6.07 Å². The summed E-state index contributed by atoms with van der Waals surface area (Å²) in [5.74, 6) is 1.59. The standard InChI is InChI=1S/C28H35N3O/c32-28(29-23-16-8-3-9-17-23)27(22-14-6-2-7-15-22)31-25-19-11-10-18-24(25)30-26(31)20-21-12-4-1-5-13-21/h1,4-5,10-13,18-19,22-23,27H,2-3,6-9,14-17,20H2,(H,29,32). The van der Waals surface area contributed by atoms with Crippen LogP contribution in [0.1, 0.15) is 81.6 Å². The summed E-state index contributed by atoms with van der Waals surface area (Å²) in [6.07, 6.45) is 12.7. The maximum Gasteiger partial charge on any atom is 0.243 e. The average Bonchev–Trinajstić information content (AvgIpc) is 3.19. The van der Waals surface area contributed by atoms with E-state index in [2.05, 4.69) is 58.4 Å². The summed E-state index contributed by atoms with van der Waals surface area (Å²) in [5.41, 5.74) is 3.32. The zero-order valence-electron chi connectivity index (χ0n) is 19.0. The van der Waals surface area contributed by atoms with Gasteiger partial charge in [0.2, 0.25) is 5.91 Å². The first-order valence-electron chi connectivity index (χ1n) is 12.6. The van der Waals surface area contributed by atoms with E-state index in [1.165, 1.54) is 44.1 Å². The van der Waals surface area contributed by atoms with Crippen molar-refractivity contribution in [1.82, 2.24) is 14.9 Å². The van der Waals surface area contributed by atoms with E-state index in [0.29, 0.717) is 12.0 Å². The molecule has 5 rings (SSSR count). The number of rotatable bonds is 6. The highest BCUT2D eigenvalue weighted by Gasteiger charge is 2.35. The Balaban J connectivity index is 1.55. The van der Waals surface area contributed by atoms with E-state index >= 15 is 0 Å². The first kappa shape index (κ1) is 21.2. The van der Waals surface area contributed by atoms with Crippen molar-refractivity contribution in [3.63, 3.8) is 0 Å². The summed E-state index contributed by atoms with van der Waals surface area (Å²) in [4.78, 5) is 18.9. The highest BCUT2D eigenvalue weighted by Crippen LogP contribution is 2.37. The Morgan fingerprint density at radius 2 is 1.53 bits per heavy atom. The van der Waals surface area contributed by atoms with Crippen LogP contribution in [0.3, 0.4) is 0 Å². The lowest BCUT2D eigenvalue weighted by molar-refractivity contribution is -0.127. The molecule has 3 aromatic rings. The summed E-state index contributed by atoms with van der Waals surface area (Å²) in [5, 5.41) is 3.47. The monoisotopic (exact) mass is 429 g/mol. The predicted octanol–water partition coefficient (Wildman–Crippen LogP) is 6.20. The fourth-order valence-electron chi connectivity index (χ4n) is 5.83. The third kappa shape index (κ3) is 4.60. The SMILES string of the molecule is O=C(NC1CCCCC1)C(C1CCCCC1)n1c(Cc2ccccc2)nc2ccccc21. The molecule has 2 fully saturated rings. The molecule has 2 aliphatic rings. The van der Waals surface area contributed by atoms with E-state index < -0.39 is 0 Å². The minimum absolute atomic E-state index is 0.177. The van der Waals surface area contributed by atoms with Gasteiger partial charge in [-0.1, -0.05) is 81.0 Å². The Kier molecular flexibility index (Phi) is 6.56. The van der Waals surface area contributed by atoms with Crippen LogP contribution in [0.2, 0.25) is 0 Å². The number of fused-ring (bicyclic) bond motifs is 1. The molecule has 2 aliphatic carbocycles. The Bertz CT molecular complexity index is 1030. The van der Waals surface area contributed by atoms with Crippen molar-refractivity contribution in [2.24, 2.45) is 5.92 Å². The average molecular weight is 430 g/mol. The van der Waals surface area contributed by atoms with Gasteiger partial charge in [0.1, 0.15) is 11.9 Å². The number of nitrogens with one attached hydrogen (secondary N) is 1. The van der Waals surface area contributed by atoms with Gasteiger partial charge in [-0.25, -0.2) is 4.98 Å². The lowest BCUT2D eigenvalue weighted by atomic mass is 9.82. The molecule has 1 unspecified atom stereocenters. The number of imidazole rings is 1. The van der Waals surface area contributed by atoms with Gasteiger partial charge in [-0.15, -0.1) is 0 Å². The van der Waals surface area contributed by atoms with Crippen LogP contribution in [-0.4, -0.2) is 21.5 Å². The number of para-hydroxylation sites is 2. The van der Waals surface area contributed by atoms with Crippen LogP contribution in [-0.2, 0) is 11.2 Å². The number of carbonyl (C=O) groups is 1. The molecule has 2 saturated carbocycles. The van der Waals surface area contributed by atoms with Gasteiger partial charge in [0, 0.05) is 12.5 Å². The van der Waals surface area contributed by atoms with Crippen molar-refractivity contribution in [2.75, 3.05) is 0 Å².